The first-order valence-electron chi connectivity index (χ1n) is 12.7. The maximum atomic E-state index is 13.2. The molecule has 44 heavy (non-hydrogen) atoms. The number of H-pyrrole nitrogens is 1. The maximum absolute atomic E-state index is 13.2. The van der Waals surface area contributed by atoms with E-state index in [1.165, 1.54) is 6.33 Å². The minimum Gasteiger partial charge on any atom is -0.387 e. The predicted molar refractivity (Wildman–Crippen MR) is 143 cm³/mol. The number of aromatic amines is 1. The van der Waals surface area contributed by atoms with Gasteiger partial charge in [-0.3, -0.25) is 27.9 Å². The van der Waals surface area contributed by atoms with E-state index in [-0.39, 0.29) is 29.4 Å². The van der Waals surface area contributed by atoms with E-state index in [2.05, 4.69) is 34.6 Å². The Morgan fingerprint density at radius 3 is 2.55 bits per heavy atom. The van der Waals surface area contributed by atoms with E-state index in [1.54, 1.807) is 0 Å². The highest BCUT2D eigenvalue weighted by atomic mass is 32.1. The van der Waals surface area contributed by atoms with E-state index >= 15 is 0 Å². The minimum absolute atomic E-state index is 0.0262. The van der Waals surface area contributed by atoms with Gasteiger partial charge in [0.1, 0.15) is 47.9 Å². The van der Waals surface area contributed by atoms with Crippen LogP contribution in [0, 0.1) is 0 Å². The molecule has 0 spiro atoms. The van der Waals surface area contributed by atoms with Gasteiger partial charge in [-0.05, 0) is 11.5 Å². The number of phosphoric ester groups is 2. The second kappa shape index (κ2) is 10.8. The molecule has 2 bridgehead atoms. The summed E-state index contributed by atoms with van der Waals surface area (Å²) in [5.41, 5.74) is 11.0. The Hall–Kier alpha value is -3.05. The number of nitrogens with two attached hydrogens (primary N) is 2. The van der Waals surface area contributed by atoms with Crippen molar-refractivity contribution in [2.24, 2.45) is 0 Å². The fourth-order valence-corrected chi connectivity index (χ4v) is 7.84. The van der Waals surface area contributed by atoms with Gasteiger partial charge >= 0.3 is 15.6 Å². The van der Waals surface area contributed by atoms with E-state index < -0.39 is 77.3 Å². The van der Waals surface area contributed by atoms with Gasteiger partial charge in [0, 0.05) is 6.42 Å². The van der Waals surface area contributed by atoms with E-state index in [1.807, 2.05) is 0 Å². The number of aliphatic hydroxyl groups is 1. The van der Waals surface area contributed by atoms with E-state index in [9.17, 15) is 28.8 Å². The molecule has 236 valence electrons. The van der Waals surface area contributed by atoms with Crippen molar-refractivity contribution in [3.63, 3.8) is 0 Å². The average Bonchev–Trinajstić information content (AvgIpc) is 3.72. The molecule has 9 atom stereocenters. The second-order valence-electron chi connectivity index (χ2n) is 9.86. The first kappa shape index (κ1) is 29.6. The number of nitrogens with zero attached hydrogens (tertiary/aromatic N) is 7. The van der Waals surface area contributed by atoms with Gasteiger partial charge in [-0.15, -0.1) is 5.10 Å². The molecule has 3 fully saturated rings. The van der Waals surface area contributed by atoms with Crippen LogP contribution in [0.1, 0.15) is 23.6 Å². The van der Waals surface area contributed by atoms with Crippen LogP contribution in [0.3, 0.4) is 0 Å². The number of ether oxygens (including phenoxy) is 2. The zero-order chi connectivity index (χ0) is 31.0. The molecular weight excluding hydrogens is 654 g/mol. The summed E-state index contributed by atoms with van der Waals surface area (Å²) in [6, 6.07) is 0. The Bertz CT molecular complexity index is 1910. The number of hydrogen-bond donors (Lipinski definition) is 6. The van der Waals surface area contributed by atoms with Crippen molar-refractivity contribution in [2.45, 2.75) is 49.3 Å². The quantitative estimate of drug-likeness (QED) is 0.137. The zero-order valence-electron chi connectivity index (χ0n) is 21.8. The lowest BCUT2D eigenvalue weighted by atomic mass is 10.1. The number of aliphatic hydroxyl groups excluding tert-OH is 1. The van der Waals surface area contributed by atoms with Crippen LogP contribution >= 0.6 is 27.2 Å². The summed E-state index contributed by atoms with van der Waals surface area (Å²) >= 11 is 1.02. The van der Waals surface area contributed by atoms with Crippen molar-refractivity contribution < 1.29 is 51.6 Å². The summed E-state index contributed by atoms with van der Waals surface area (Å²) in [5, 5.41) is 18.5. The lowest BCUT2D eigenvalue weighted by molar-refractivity contribution is -0.0673. The first-order valence-corrected chi connectivity index (χ1v) is 16.4. The molecule has 0 saturated carbocycles. The third-order valence-electron chi connectivity index (χ3n) is 7.05. The number of phosphoric acid groups is 2. The van der Waals surface area contributed by atoms with Crippen molar-refractivity contribution in [1.82, 2.24) is 39.3 Å². The highest BCUT2D eigenvalue weighted by Crippen LogP contribution is 2.54. The number of hydrogen-bond acceptors (Lipinski definition) is 19. The summed E-state index contributed by atoms with van der Waals surface area (Å²) in [4.78, 5) is 48.3. The molecule has 25 heteroatoms. The van der Waals surface area contributed by atoms with Crippen LogP contribution in [0.2, 0.25) is 0 Å². The summed E-state index contributed by atoms with van der Waals surface area (Å²) in [7, 11) is -9.90. The minimum atomic E-state index is -5.03. The van der Waals surface area contributed by atoms with Crippen molar-refractivity contribution in [2.75, 3.05) is 24.7 Å². The molecule has 4 aromatic heterocycles. The van der Waals surface area contributed by atoms with Crippen LogP contribution in [0.4, 0.5) is 11.8 Å². The van der Waals surface area contributed by atoms with Crippen molar-refractivity contribution in [1.29, 1.82) is 0 Å². The molecule has 22 nitrogen and oxygen atoms in total. The fourth-order valence-electron chi connectivity index (χ4n) is 5.07. The smallest absolute Gasteiger partial charge is 0.387 e. The molecule has 4 aromatic rings. The molecule has 0 amide bonds. The van der Waals surface area contributed by atoms with Gasteiger partial charge < -0.3 is 35.8 Å². The third-order valence-corrected chi connectivity index (χ3v) is 9.97. The molecule has 2 unspecified atom stereocenters. The number of fused-ring (bicyclic) bond motifs is 5. The molecular formula is C19H22N10O12P2S. The van der Waals surface area contributed by atoms with Gasteiger partial charge in [-0.1, -0.05) is 5.21 Å². The SMILES string of the molecule is Nc1nc2c(nnn2[C@@H]2O[C@@H]3COP(=O)(O)O[C@H]4C[C@H](c5snc6c(N)ncnc56)O[C@@H]4COP(=O)(O)O[C@@H]2[C@@H]3O)c(=O)[nH]1. The largest absolute Gasteiger partial charge is 0.472 e. The van der Waals surface area contributed by atoms with Gasteiger partial charge in [0.05, 0.1) is 24.2 Å². The Morgan fingerprint density at radius 2 is 1.75 bits per heavy atom. The Kier molecular flexibility index (Phi) is 7.27. The molecule has 0 aliphatic carbocycles. The number of nitrogens with one attached hydrogen (secondary N) is 1. The van der Waals surface area contributed by atoms with Crippen molar-refractivity contribution in [3.05, 3.63) is 21.6 Å². The third kappa shape index (κ3) is 5.29. The topological polar surface area (TPSA) is 317 Å². The van der Waals surface area contributed by atoms with Gasteiger partial charge in [-0.2, -0.15) is 14.0 Å². The van der Waals surface area contributed by atoms with Crippen LogP contribution in [0.5, 0.6) is 0 Å². The second-order valence-corrected chi connectivity index (χ2v) is 13.5. The highest BCUT2D eigenvalue weighted by Gasteiger charge is 2.52. The number of rotatable bonds is 2. The number of anilines is 2. The Balaban J connectivity index is 1.19. The highest BCUT2D eigenvalue weighted by molar-refractivity contribution is 7.47. The molecule has 7 heterocycles. The molecule has 3 aliphatic rings. The summed E-state index contributed by atoms with van der Waals surface area (Å²) < 4.78 is 64.1. The lowest BCUT2D eigenvalue weighted by Gasteiger charge is -2.25. The van der Waals surface area contributed by atoms with Crippen molar-refractivity contribution in [3.8, 4) is 0 Å². The molecule has 3 saturated heterocycles. The molecule has 7 rings (SSSR count). The number of aromatic nitrogens is 8. The van der Waals surface area contributed by atoms with E-state index in [4.69, 9.17) is 39.0 Å². The standard InChI is InChI=1S/C19H22N10O12P2S/c20-15-10-9(22-4-23-15)14(44-27-10)6-1-5-7(38-6)2-36-43(34,35)41-13-12(30)8(3-37-42(32,33)40-5)39-18(13)29-16-11(26-28-29)17(31)25-19(21)24-16/h4-8,12-13,18,30H,1-3H2,(H,32,33)(H,34,35)(H2,20,22,23)(H3,21,24,25,31)/t5-,6+,7+,8+,12+,13+,18+/m0/s1. The van der Waals surface area contributed by atoms with E-state index in [0.29, 0.717) is 15.9 Å². The van der Waals surface area contributed by atoms with E-state index in [0.717, 1.165) is 16.2 Å². The van der Waals surface area contributed by atoms with Crippen LogP contribution in [0.15, 0.2) is 11.1 Å². The Morgan fingerprint density at radius 1 is 1.00 bits per heavy atom. The number of nitrogen functional groups attached to an aromatic ring is 2. The maximum Gasteiger partial charge on any atom is 0.472 e. The fraction of sp³-hybridized carbons (Fsp3) is 0.526. The predicted octanol–water partition coefficient (Wildman–Crippen LogP) is -1.11. The molecule has 8 N–H and O–H groups in total. The van der Waals surface area contributed by atoms with Gasteiger partial charge in [0.25, 0.3) is 5.56 Å². The van der Waals surface area contributed by atoms with Crippen LogP contribution in [-0.4, -0.2) is 97.9 Å². The first-order chi connectivity index (χ1) is 20.9. The van der Waals surface area contributed by atoms with Gasteiger partial charge in [-0.25, -0.2) is 19.1 Å². The summed E-state index contributed by atoms with van der Waals surface area (Å²) in [6.45, 7) is -1.41. The summed E-state index contributed by atoms with van der Waals surface area (Å²) in [5.74, 6) is -0.156. The Labute approximate surface area is 247 Å². The van der Waals surface area contributed by atoms with Crippen LogP contribution in [-0.2, 0) is 36.7 Å². The van der Waals surface area contributed by atoms with Gasteiger partial charge in [0.2, 0.25) is 5.95 Å². The summed E-state index contributed by atoms with van der Waals surface area (Å²) in [6.07, 6.45) is -8.40. The van der Waals surface area contributed by atoms with Crippen molar-refractivity contribution >= 4 is 61.1 Å². The average molecular weight is 676 g/mol. The molecule has 3 aliphatic heterocycles. The van der Waals surface area contributed by atoms with Gasteiger partial charge in [0.15, 0.2) is 23.2 Å². The van der Waals surface area contributed by atoms with Crippen LogP contribution in [0.25, 0.3) is 22.2 Å². The molecule has 0 radical (unpaired) electrons. The normalized spacial score (nSPS) is 36.6. The molecule has 0 aromatic carbocycles. The lowest BCUT2D eigenvalue weighted by Crippen LogP contribution is -2.35. The zero-order valence-corrected chi connectivity index (χ0v) is 24.4. The monoisotopic (exact) mass is 676 g/mol. The van der Waals surface area contributed by atoms with Crippen LogP contribution < -0.4 is 17.0 Å².